The van der Waals surface area contributed by atoms with Crippen LogP contribution in [0.1, 0.15) is 29.4 Å². The second kappa shape index (κ2) is 8.48. The topological polar surface area (TPSA) is 64.3 Å². The maximum absolute atomic E-state index is 13.5. The van der Waals surface area contributed by atoms with Gasteiger partial charge in [-0.05, 0) is 62.2 Å². The lowest BCUT2D eigenvalue weighted by molar-refractivity contribution is 0.318. The van der Waals surface area contributed by atoms with E-state index in [9.17, 15) is 9.90 Å². The van der Waals surface area contributed by atoms with Crippen LogP contribution < -0.4 is 10.3 Å². The van der Waals surface area contributed by atoms with Crippen molar-refractivity contribution in [1.82, 2.24) is 9.55 Å². The summed E-state index contributed by atoms with van der Waals surface area (Å²) in [7, 11) is 0. The van der Waals surface area contributed by atoms with E-state index in [-0.39, 0.29) is 11.3 Å². The maximum atomic E-state index is 13.5. The minimum atomic E-state index is -0.130. The smallest absolute Gasteiger partial charge is 0.266 e. The predicted molar refractivity (Wildman–Crippen MR) is 125 cm³/mol. The summed E-state index contributed by atoms with van der Waals surface area (Å²) < 4.78 is 7.12. The normalized spacial score (nSPS) is 11.3. The van der Waals surface area contributed by atoms with Gasteiger partial charge >= 0.3 is 0 Å². The third-order valence-corrected chi connectivity index (χ3v) is 5.21. The van der Waals surface area contributed by atoms with Crippen molar-refractivity contribution in [2.24, 2.45) is 0 Å². The molecule has 4 rings (SSSR count). The Morgan fingerprint density at radius 2 is 1.68 bits per heavy atom. The molecule has 3 aromatic carbocycles. The number of hydrogen-bond donors (Lipinski definition) is 1. The molecular weight excluding hydrogens is 388 g/mol. The lowest BCUT2D eigenvalue weighted by atomic mass is 10.1. The number of fused-ring (bicyclic) bond motifs is 1. The molecule has 0 aliphatic rings. The molecule has 0 bridgehead atoms. The molecule has 0 fully saturated rings. The number of nitrogens with zero attached hydrogens (tertiary/aromatic N) is 2. The molecule has 31 heavy (non-hydrogen) atoms. The van der Waals surface area contributed by atoms with Crippen molar-refractivity contribution in [3.05, 3.63) is 93.5 Å². The highest BCUT2D eigenvalue weighted by Gasteiger charge is 2.15. The predicted octanol–water partition coefficient (Wildman–Crippen LogP) is 5.28. The molecule has 0 aliphatic heterocycles. The fourth-order valence-electron chi connectivity index (χ4n) is 3.75. The summed E-state index contributed by atoms with van der Waals surface area (Å²) in [4.78, 5) is 18.3. The van der Waals surface area contributed by atoms with E-state index in [1.54, 1.807) is 34.9 Å². The van der Waals surface area contributed by atoms with Gasteiger partial charge in [0.05, 0.1) is 23.2 Å². The number of para-hydroxylation sites is 3. The van der Waals surface area contributed by atoms with E-state index >= 15 is 0 Å². The first-order chi connectivity index (χ1) is 15.0. The van der Waals surface area contributed by atoms with Crippen molar-refractivity contribution in [3.8, 4) is 17.2 Å². The van der Waals surface area contributed by atoms with Crippen LogP contribution in [0.2, 0.25) is 0 Å². The second-order valence-electron chi connectivity index (χ2n) is 7.33. The van der Waals surface area contributed by atoms with Gasteiger partial charge in [-0.15, -0.1) is 0 Å². The molecule has 1 heterocycles. The minimum Gasteiger partial charge on any atom is -0.504 e. The van der Waals surface area contributed by atoms with Crippen LogP contribution in [0.4, 0.5) is 0 Å². The van der Waals surface area contributed by atoms with E-state index in [0.29, 0.717) is 34.6 Å². The van der Waals surface area contributed by atoms with Crippen LogP contribution in [0, 0.1) is 13.8 Å². The summed E-state index contributed by atoms with van der Waals surface area (Å²) in [6.45, 7) is 6.28. The SMILES string of the molecule is CCOc1cccc(/C=C/c2nc3ccccc3c(=O)n2-c2c(C)cccc2C)c1O. The highest BCUT2D eigenvalue weighted by atomic mass is 16.5. The molecule has 0 aliphatic carbocycles. The number of rotatable bonds is 5. The van der Waals surface area contributed by atoms with Gasteiger partial charge in [0.15, 0.2) is 11.5 Å². The van der Waals surface area contributed by atoms with Crippen LogP contribution >= 0.6 is 0 Å². The number of benzene rings is 3. The zero-order valence-corrected chi connectivity index (χ0v) is 17.8. The van der Waals surface area contributed by atoms with Gasteiger partial charge in [0.2, 0.25) is 0 Å². The monoisotopic (exact) mass is 412 g/mol. The molecule has 0 atom stereocenters. The van der Waals surface area contributed by atoms with Crippen molar-refractivity contribution in [3.63, 3.8) is 0 Å². The van der Waals surface area contributed by atoms with Crippen molar-refractivity contribution in [2.75, 3.05) is 6.61 Å². The van der Waals surface area contributed by atoms with E-state index in [4.69, 9.17) is 9.72 Å². The Labute approximate surface area is 180 Å². The third kappa shape index (κ3) is 3.82. The first kappa shape index (κ1) is 20.4. The number of aromatic hydroxyl groups is 1. The zero-order chi connectivity index (χ0) is 22.0. The molecular formula is C26H24N2O3. The molecule has 0 radical (unpaired) electrons. The third-order valence-electron chi connectivity index (χ3n) is 5.21. The summed E-state index contributed by atoms with van der Waals surface area (Å²) in [6.07, 6.45) is 3.50. The first-order valence-corrected chi connectivity index (χ1v) is 10.2. The van der Waals surface area contributed by atoms with Crippen LogP contribution in [0.5, 0.6) is 11.5 Å². The number of phenolic OH excluding ortho intramolecular Hbond substituents is 1. The lowest BCUT2D eigenvalue weighted by Crippen LogP contribution is -2.23. The summed E-state index contributed by atoms with van der Waals surface area (Å²) in [5, 5.41) is 11.1. The zero-order valence-electron chi connectivity index (χ0n) is 17.8. The van der Waals surface area contributed by atoms with Crippen LogP contribution in [0.15, 0.2) is 65.5 Å². The summed E-state index contributed by atoms with van der Waals surface area (Å²) >= 11 is 0. The number of aromatic nitrogens is 2. The molecule has 0 saturated heterocycles. The van der Waals surface area contributed by atoms with Gasteiger partial charge in [-0.3, -0.25) is 9.36 Å². The van der Waals surface area contributed by atoms with Gasteiger partial charge in [-0.25, -0.2) is 4.98 Å². The molecule has 4 aromatic rings. The molecule has 1 N–H and O–H groups in total. The Morgan fingerprint density at radius 3 is 2.42 bits per heavy atom. The van der Waals surface area contributed by atoms with Gasteiger partial charge < -0.3 is 9.84 Å². The Morgan fingerprint density at radius 1 is 0.968 bits per heavy atom. The Bertz CT molecular complexity index is 1330. The largest absolute Gasteiger partial charge is 0.504 e. The van der Waals surface area contributed by atoms with Gasteiger partial charge in [-0.2, -0.15) is 0 Å². The molecule has 5 heteroatoms. The van der Waals surface area contributed by atoms with Crippen LogP contribution in [-0.2, 0) is 0 Å². The molecule has 0 unspecified atom stereocenters. The number of phenols is 1. The standard InChI is InChI=1S/C26H24N2O3/c1-4-31-22-14-8-11-19(25(22)29)15-16-23-27-21-13-6-5-12-20(21)26(30)28(23)24-17(2)9-7-10-18(24)3/h5-16,29H,4H2,1-3H3/b16-15+. The fraction of sp³-hybridized carbons (Fsp3) is 0.154. The van der Waals surface area contributed by atoms with Crippen molar-refractivity contribution in [1.29, 1.82) is 0 Å². The minimum absolute atomic E-state index is 0.0577. The second-order valence-corrected chi connectivity index (χ2v) is 7.33. The van der Waals surface area contributed by atoms with Crippen molar-refractivity contribution >= 4 is 23.1 Å². The van der Waals surface area contributed by atoms with Crippen LogP contribution in [0.25, 0.3) is 28.7 Å². The molecule has 1 aromatic heterocycles. The Kier molecular flexibility index (Phi) is 5.58. The highest BCUT2D eigenvalue weighted by Crippen LogP contribution is 2.31. The summed E-state index contributed by atoms with van der Waals surface area (Å²) in [6, 6.07) is 18.6. The van der Waals surface area contributed by atoms with Gasteiger partial charge in [0.1, 0.15) is 5.82 Å². The average Bonchev–Trinajstić information content (AvgIpc) is 2.76. The number of aryl methyl sites for hydroxylation is 2. The molecule has 0 spiro atoms. The van der Waals surface area contributed by atoms with E-state index in [1.807, 2.05) is 63.2 Å². The lowest BCUT2D eigenvalue weighted by Gasteiger charge is -2.16. The van der Waals surface area contributed by atoms with Crippen LogP contribution in [0.3, 0.4) is 0 Å². The maximum Gasteiger partial charge on any atom is 0.266 e. The first-order valence-electron chi connectivity index (χ1n) is 10.2. The fourth-order valence-corrected chi connectivity index (χ4v) is 3.75. The molecule has 0 saturated carbocycles. The molecule has 0 amide bonds. The number of ether oxygens (including phenoxy) is 1. The quantitative estimate of drug-likeness (QED) is 0.485. The van der Waals surface area contributed by atoms with Gasteiger partial charge in [-0.1, -0.05) is 42.5 Å². The van der Waals surface area contributed by atoms with Gasteiger partial charge in [0, 0.05) is 5.56 Å². The summed E-state index contributed by atoms with van der Waals surface area (Å²) in [5.74, 6) is 0.966. The Hall–Kier alpha value is -3.86. The van der Waals surface area contributed by atoms with E-state index in [0.717, 1.165) is 16.8 Å². The van der Waals surface area contributed by atoms with Crippen LogP contribution in [-0.4, -0.2) is 21.3 Å². The number of hydrogen-bond acceptors (Lipinski definition) is 4. The average molecular weight is 412 g/mol. The van der Waals surface area contributed by atoms with Gasteiger partial charge in [0.25, 0.3) is 5.56 Å². The molecule has 5 nitrogen and oxygen atoms in total. The van der Waals surface area contributed by atoms with E-state index in [2.05, 4.69) is 0 Å². The highest BCUT2D eigenvalue weighted by molar-refractivity contribution is 5.81. The van der Waals surface area contributed by atoms with Crippen molar-refractivity contribution in [2.45, 2.75) is 20.8 Å². The molecule has 156 valence electrons. The Balaban J connectivity index is 1.95. The van der Waals surface area contributed by atoms with Crippen molar-refractivity contribution < 1.29 is 9.84 Å². The summed E-state index contributed by atoms with van der Waals surface area (Å²) in [5.41, 5.74) is 3.86. The van der Waals surface area contributed by atoms with E-state index < -0.39 is 0 Å². The van der Waals surface area contributed by atoms with E-state index in [1.165, 1.54) is 0 Å².